The van der Waals surface area contributed by atoms with Gasteiger partial charge in [0.05, 0.1) is 0 Å². The topological polar surface area (TPSA) is 12.0 Å². The monoisotopic (exact) mass is 397 g/mol. The molecule has 2 aromatic rings. The highest BCUT2D eigenvalue weighted by atomic mass is 79.9. The first-order valence-corrected chi connectivity index (χ1v) is 8.18. The van der Waals surface area contributed by atoms with Crippen LogP contribution in [0.5, 0.6) is 0 Å². The molecule has 1 aliphatic rings. The van der Waals surface area contributed by atoms with Crippen LogP contribution in [-0.4, -0.2) is 6.04 Å². The average molecular weight is 399 g/mol. The summed E-state index contributed by atoms with van der Waals surface area (Å²) >= 11 is 6.99. The quantitative estimate of drug-likeness (QED) is 0.698. The van der Waals surface area contributed by atoms with Crippen molar-refractivity contribution in [2.45, 2.75) is 24.8 Å². The predicted octanol–water partition coefficient (Wildman–Crippen LogP) is 5.71. The molecule has 0 saturated heterocycles. The number of benzene rings is 2. The maximum Gasteiger partial charge on any atom is 0.126 e. The molecule has 0 radical (unpaired) electrons. The van der Waals surface area contributed by atoms with Gasteiger partial charge in [0.15, 0.2) is 0 Å². The van der Waals surface area contributed by atoms with Crippen LogP contribution in [0.25, 0.3) is 0 Å². The highest BCUT2D eigenvalue weighted by molar-refractivity contribution is 9.11. The number of halogens is 3. The van der Waals surface area contributed by atoms with Crippen molar-refractivity contribution >= 4 is 37.5 Å². The number of nitrogens with one attached hydrogen (secondary N) is 1. The Kier molecular flexibility index (Phi) is 4.13. The van der Waals surface area contributed by atoms with E-state index in [-0.39, 0.29) is 5.82 Å². The molecular weight excluding hydrogens is 385 g/mol. The van der Waals surface area contributed by atoms with Crippen molar-refractivity contribution < 1.29 is 4.39 Å². The molecule has 4 heteroatoms. The van der Waals surface area contributed by atoms with Gasteiger partial charge in [0.2, 0.25) is 0 Å². The van der Waals surface area contributed by atoms with Crippen LogP contribution < -0.4 is 5.32 Å². The average Bonchev–Trinajstić information content (AvgIpc) is 2.37. The molecule has 0 bridgehead atoms. The summed E-state index contributed by atoms with van der Waals surface area (Å²) in [5.41, 5.74) is 1.94. The van der Waals surface area contributed by atoms with Gasteiger partial charge in [-0.3, -0.25) is 0 Å². The van der Waals surface area contributed by atoms with Crippen LogP contribution in [-0.2, 0) is 0 Å². The van der Waals surface area contributed by atoms with Gasteiger partial charge in [-0.25, -0.2) is 4.39 Å². The Morgan fingerprint density at radius 3 is 2.50 bits per heavy atom. The lowest BCUT2D eigenvalue weighted by atomic mass is 9.75. The molecule has 0 amide bonds. The van der Waals surface area contributed by atoms with Crippen molar-refractivity contribution in [3.63, 3.8) is 0 Å². The number of anilines is 1. The summed E-state index contributed by atoms with van der Waals surface area (Å²) in [6.07, 6.45) is 1.95. The molecule has 1 saturated carbocycles. The molecule has 0 atom stereocenters. The van der Waals surface area contributed by atoms with Gasteiger partial charge in [0, 0.05) is 20.7 Å². The lowest BCUT2D eigenvalue weighted by Gasteiger charge is -2.37. The first kappa shape index (κ1) is 14.1. The summed E-state index contributed by atoms with van der Waals surface area (Å²) in [4.78, 5) is 0. The first-order chi connectivity index (χ1) is 9.63. The van der Waals surface area contributed by atoms with E-state index >= 15 is 0 Å². The molecular formula is C16H14Br2FN. The normalized spacial score (nSPS) is 21.4. The molecule has 0 spiro atoms. The lowest BCUT2D eigenvalue weighted by molar-refractivity contribution is 0.363. The fourth-order valence-electron chi connectivity index (χ4n) is 2.62. The fourth-order valence-corrected chi connectivity index (χ4v) is 3.78. The van der Waals surface area contributed by atoms with E-state index in [1.807, 2.05) is 30.3 Å². The van der Waals surface area contributed by atoms with E-state index in [9.17, 15) is 4.39 Å². The molecule has 20 heavy (non-hydrogen) atoms. The summed E-state index contributed by atoms with van der Waals surface area (Å²) in [7, 11) is 0. The molecule has 0 unspecified atom stereocenters. The van der Waals surface area contributed by atoms with Crippen LogP contribution in [0.3, 0.4) is 0 Å². The summed E-state index contributed by atoms with van der Waals surface area (Å²) in [5, 5.41) is 3.50. The second-order valence-electron chi connectivity index (χ2n) is 5.16. The maximum absolute atomic E-state index is 13.7. The highest BCUT2D eigenvalue weighted by Crippen LogP contribution is 2.40. The predicted molar refractivity (Wildman–Crippen MR) is 87.6 cm³/mol. The molecule has 1 nitrogen and oxygen atoms in total. The zero-order valence-corrected chi connectivity index (χ0v) is 13.9. The van der Waals surface area contributed by atoms with E-state index in [2.05, 4.69) is 37.2 Å². The van der Waals surface area contributed by atoms with E-state index in [0.29, 0.717) is 12.0 Å². The van der Waals surface area contributed by atoms with Crippen molar-refractivity contribution in [2.24, 2.45) is 0 Å². The van der Waals surface area contributed by atoms with E-state index in [4.69, 9.17) is 0 Å². The van der Waals surface area contributed by atoms with E-state index in [0.717, 1.165) is 33.0 Å². The minimum absolute atomic E-state index is 0.0826. The van der Waals surface area contributed by atoms with E-state index in [1.165, 1.54) is 0 Å². The molecule has 0 aromatic heterocycles. The Balaban J connectivity index is 1.62. The summed E-state index contributed by atoms with van der Waals surface area (Å²) < 4.78 is 15.8. The Morgan fingerprint density at radius 2 is 1.80 bits per heavy atom. The Morgan fingerprint density at radius 1 is 1.05 bits per heavy atom. The second kappa shape index (κ2) is 5.86. The largest absolute Gasteiger partial charge is 0.381 e. The number of hydrogen-bond acceptors (Lipinski definition) is 1. The Labute approximate surface area is 134 Å². The third-order valence-corrected chi connectivity index (χ3v) is 4.92. The van der Waals surface area contributed by atoms with Crippen LogP contribution in [0, 0.1) is 5.82 Å². The van der Waals surface area contributed by atoms with Gasteiger partial charge >= 0.3 is 0 Å². The number of rotatable bonds is 3. The maximum atomic E-state index is 13.7. The van der Waals surface area contributed by atoms with Crippen molar-refractivity contribution in [1.29, 1.82) is 0 Å². The van der Waals surface area contributed by atoms with E-state index in [1.54, 1.807) is 12.1 Å². The van der Waals surface area contributed by atoms with Crippen LogP contribution in [0.4, 0.5) is 10.1 Å². The summed E-state index contributed by atoms with van der Waals surface area (Å²) in [6.45, 7) is 0. The highest BCUT2D eigenvalue weighted by Gasteiger charge is 2.31. The standard InChI is InChI=1S/C16H14Br2FN/c17-11-5-6-16(14(18)9-11)20-12-7-10(8-12)13-3-1-2-4-15(13)19/h1-6,9-10,12,20H,7-8H2. The van der Waals surface area contributed by atoms with Gasteiger partial charge in [-0.05, 0) is 64.5 Å². The number of hydrogen-bond donors (Lipinski definition) is 1. The van der Waals surface area contributed by atoms with Gasteiger partial charge in [0.25, 0.3) is 0 Å². The van der Waals surface area contributed by atoms with Gasteiger partial charge in [-0.1, -0.05) is 34.1 Å². The smallest absolute Gasteiger partial charge is 0.126 e. The van der Waals surface area contributed by atoms with Crippen molar-refractivity contribution in [1.82, 2.24) is 0 Å². The Hall–Kier alpha value is -0.870. The lowest BCUT2D eigenvalue weighted by Crippen LogP contribution is -2.34. The van der Waals surface area contributed by atoms with Crippen molar-refractivity contribution in [2.75, 3.05) is 5.32 Å². The zero-order valence-electron chi connectivity index (χ0n) is 10.7. The summed E-state index contributed by atoms with van der Waals surface area (Å²) in [6, 6.07) is 13.6. The van der Waals surface area contributed by atoms with Gasteiger partial charge in [-0.15, -0.1) is 0 Å². The van der Waals surface area contributed by atoms with Crippen LogP contribution >= 0.6 is 31.9 Å². The molecule has 3 rings (SSSR count). The molecule has 1 aliphatic carbocycles. The molecule has 1 fully saturated rings. The zero-order chi connectivity index (χ0) is 14.1. The van der Waals surface area contributed by atoms with Crippen LogP contribution in [0.1, 0.15) is 24.3 Å². The minimum Gasteiger partial charge on any atom is -0.381 e. The minimum atomic E-state index is -0.0826. The molecule has 104 valence electrons. The second-order valence-corrected chi connectivity index (χ2v) is 6.93. The van der Waals surface area contributed by atoms with Crippen LogP contribution in [0.15, 0.2) is 51.4 Å². The Bertz CT molecular complexity index is 624. The van der Waals surface area contributed by atoms with Gasteiger partial charge < -0.3 is 5.32 Å². The first-order valence-electron chi connectivity index (χ1n) is 6.59. The molecule has 2 aromatic carbocycles. The van der Waals surface area contributed by atoms with Crippen molar-refractivity contribution in [3.8, 4) is 0 Å². The van der Waals surface area contributed by atoms with Crippen molar-refractivity contribution in [3.05, 3.63) is 62.8 Å². The van der Waals surface area contributed by atoms with Crippen LogP contribution in [0.2, 0.25) is 0 Å². The fraction of sp³-hybridized carbons (Fsp3) is 0.250. The van der Waals surface area contributed by atoms with Gasteiger partial charge in [0.1, 0.15) is 5.82 Å². The molecule has 1 N–H and O–H groups in total. The summed E-state index contributed by atoms with van der Waals surface area (Å²) in [5.74, 6) is 0.253. The van der Waals surface area contributed by atoms with Gasteiger partial charge in [-0.2, -0.15) is 0 Å². The SMILES string of the molecule is Fc1ccccc1C1CC(Nc2ccc(Br)cc2Br)C1. The van der Waals surface area contributed by atoms with E-state index < -0.39 is 0 Å². The molecule has 0 aliphatic heterocycles. The third kappa shape index (κ3) is 2.91. The molecule has 0 heterocycles. The third-order valence-electron chi connectivity index (χ3n) is 3.77.